The number of nitrogens with zero attached hydrogens (tertiary/aromatic N) is 1. The zero-order chi connectivity index (χ0) is 14.8. The van der Waals surface area contributed by atoms with Crippen molar-refractivity contribution in [3.63, 3.8) is 0 Å². The Morgan fingerprint density at radius 2 is 1.76 bits per heavy atom. The number of hydrogen-bond donors (Lipinski definition) is 1. The summed E-state index contributed by atoms with van der Waals surface area (Å²) in [5.41, 5.74) is 3.03. The molecule has 0 spiro atoms. The van der Waals surface area contributed by atoms with E-state index in [1.54, 1.807) is 0 Å². The lowest BCUT2D eigenvalue weighted by atomic mass is 10.1. The molecule has 4 heteroatoms. The summed E-state index contributed by atoms with van der Waals surface area (Å²) < 4.78 is 2.13. The van der Waals surface area contributed by atoms with Crippen molar-refractivity contribution in [2.24, 2.45) is 0 Å². The molecule has 3 rings (SSSR count). The van der Waals surface area contributed by atoms with Gasteiger partial charge in [-0.3, -0.25) is 4.79 Å². The van der Waals surface area contributed by atoms with Gasteiger partial charge in [-0.15, -0.1) is 0 Å². The third kappa shape index (κ3) is 2.93. The Bertz CT molecular complexity index is 790. The fraction of sp³-hybridized carbons (Fsp3) is 0.118. The summed E-state index contributed by atoms with van der Waals surface area (Å²) in [4.78, 5) is 10.7. The molecule has 1 aromatic heterocycles. The van der Waals surface area contributed by atoms with E-state index in [0.29, 0.717) is 0 Å². The summed E-state index contributed by atoms with van der Waals surface area (Å²) in [6.45, 7) is 0.733. The molecule has 0 fully saturated rings. The molecule has 0 aliphatic rings. The van der Waals surface area contributed by atoms with Gasteiger partial charge in [0.25, 0.3) is 0 Å². The minimum atomic E-state index is -0.811. The van der Waals surface area contributed by atoms with Crippen LogP contribution in [-0.4, -0.2) is 15.6 Å². The van der Waals surface area contributed by atoms with Crippen molar-refractivity contribution in [3.8, 4) is 0 Å². The lowest BCUT2D eigenvalue weighted by molar-refractivity contribution is -0.136. The minimum Gasteiger partial charge on any atom is -0.481 e. The molecule has 0 radical (unpaired) electrons. The van der Waals surface area contributed by atoms with Crippen molar-refractivity contribution >= 4 is 28.5 Å². The molecular weight excluding hydrogens is 286 g/mol. The van der Waals surface area contributed by atoms with Crippen LogP contribution in [0.4, 0.5) is 0 Å². The molecule has 2 aromatic carbocycles. The van der Waals surface area contributed by atoms with Crippen molar-refractivity contribution in [1.82, 2.24) is 4.57 Å². The summed E-state index contributed by atoms with van der Waals surface area (Å²) in [7, 11) is 0. The SMILES string of the molecule is O=C(O)Cc1ccc(Cn2ccc3c(Cl)cccc32)cc1. The van der Waals surface area contributed by atoms with Gasteiger partial charge in [0.1, 0.15) is 0 Å². The van der Waals surface area contributed by atoms with Gasteiger partial charge in [0.2, 0.25) is 0 Å². The van der Waals surface area contributed by atoms with E-state index in [4.69, 9.17) is 16.7 Å². The number of hydrogen-bond acceptors (Lipinski definition) is 1. The van der Waals surface area contributed by atoms with Crippen LogP contribution in [0, 0.1) is 0 Å². The summed E-state index contributed by atoms with van der Waals surface area (Å²) in [5, 5.41) is 10.6. The summed E-state index contributed by atoms with van der Waals surface area (Å²) in [5.74, 6) is -0.811. The Morgan fingerprint density at radius 1 is 1.05 bits per heavy atom. The molecule has 106 valence electrons. The van der Waals surface area contributed by atoms with E-state index < -0.39 is 5.97 Å². The van der Waals surface area contributed by atoms with Gasteiger partial charge in [-0.2, -0.15) is 0 Å². The van der Waals surface area contributed by atoms with E-state index in [-0.39, 0.29) is 6.42 Å². The normalized spacial score (nSPS) is 10.9. The van der Waals surface area contributed by atoms with Crippen LogP contribution in [0.25, 0.3) is 10.9 Å². The Hall–Kier alpha value is -2.26. The number of fused-ring (bicyclic) bond motifs is 1. The van der Waals surface area contributed by atoms with E-state index >= 15 is 0 Å². The Balaban J connectivity index is 1.85. The number of rotatable bonds is 4. The number of benzene rings is 2. The van der Waals surface area contributed by atoms with Crippen molar-refractivity contribution in [3.05, 3.63) is 70.9 Å². The van der Waals surface area contributed by atoms with E-state index in [1.807, 2.05) is 54.7 Å². The number of aliphatic carboxylic acids is 1. The van der Waals surface area contributed by atoms with Crippen LogP contribution in [0.3, 0.4) is 0 Å². The van der Waals surface area contributed by atoms with Crippen LogP contribution in [-0.2, 0) is 17.8 Å². The third-order valence-electron chi connectivity index (χ3n) is 3.49. The van der Waals surface area contributed by atoms with Crippen LogP contribution >= 0.6 is 11.6 Å². The number of aromatic nitrogens is 1. The van der Waals surface area contributed by atoms with Crippen molar-refractivity contribution in [1.29, 1.82) is 0 Å². The van der Waals surface area contributed by atoms with E-state index in [2.05, 4.69) is 4.57 Å². The van der Waals surface area contributed by atoms with Gasteiger partial charge in [0, 0.05) is 28.7 Å². The molecule has 0 saturated carbocycles. The quantitative estimate of drug-likeness (QED) is 0.792. The number of carbonyl (C=O) groups is 1. The van der Waals surface area contributed by atoms with Gasteiger partial charge in [-0.25, -0.2) is 0 Å². The highest BCUT2D eigenvalue weighted by Crippen LogP contribution is 2.24. The average molecular weight is 300 g/mol. The van der Waals surface area contributed by atoms with Gasteiger partial charge < -0.3 is 9.67 Å². The first-order valence-electron chi connectivity index (χ1n) is 6.66. The molecule has 0 atom stereocenters. The lowest BCUT2D eigenvalue weighted by Crippen LogP contribution is -2.01. The second kappa shape index (κ2) is 5.62. The lowest BCUT2D eigenvalue weighted by Gasteiger charge is -2.07. The molecule has 3 nitrogen and oxygen atoms in total. The molecule has 0 aliphatic heterocycles. The van der Waals surface area contributed by atoms with Crippen LogP contribution in [0.2, 0.25) is 5.02 Å². The van der Waals surface area contributed by atoms with Gasteiger partial charge >= 0.3 is 5.97 Å². The fourth-order valence-electron chi connectivity index (χ4n) is 2.46. The second-order valence-electron chi connectivity index (χ2n) is 5.00. The second-order valence-corrected chi connectivity index (χ2v) is 5.41. The van der Waals surface area contributed by atoms with E-state index in [9.17, 15) is 4.79 Å². The molecule has 0 saturated heterocycles. The number of carboxylic acids is 1. The van der Waals surface area contributed by atoms with Crippen molar-refractivity contribution in [2.45, 2.75) is 13.0 Å². The molecule has 0 amide bonds. The highest BCUT2D eigenvalue weighted by atomic mass is 35.5. The molecule has 1 N–H and O–H groups in total. The molecule has 21 heavy (non-hydrogen) atoms. The van der Waals surface area contributed by atoms with Crippen LogP contribution in [0.5, 0.6) is 0 Å². The predicted molar refractivity (Wildman–Crippen MR) is 83.8 cm³/mol. The maximum Gasteiger partial charge on any atom is 0.307 e. The van der Waals surface area contributed by atoms with Gasteiger partial charge in [0.05, 0.1) is 6.42 Å². The largest absolute Gasteiger partial charge is 0.481 e. The molecule has 0 unspecified atom stereocenters. The smallest absolute Gasteiger partial charge is 0.307 e. The molecular formula is C17H14ClNO2. The number of halogens is 1. The van der Waals surface area contributed by atoms with Crippen molar-refractivity contribution < 1.29 is 9.90 Å². The maximum absolute atomic E-state index is 10.7. The first-order chi connectivity index (χ1) is 10.1. The molecule has 0 aliphatic carbocycles. The summed E-state index contributed by atoms with van der Waals surface area (Å²) in [6.07, 6.45) is 2.07. The van der Waals surface area contributed by atoms with Gasteiger partial charge in [-0.1, -0.05) is 41.9 Å². The minimum absolute atomic E-state index is 0.0579. The van der Waals surface area contributed by atoms with E-state index in [0.717, 1.165) is 33.6 Å². The zero-order valence-electron chi connectivity index (χ0n) is 11.3. The Morgan fingerprint density at radius 3 is 2.48 bits per heavy atom. The first kappa shape index (κ1) is 13.7. The van der Waals surface area contributed by atoms with E-state index in [1.165, 1.54) is 0 Å². The van der Waals surface area contributed by atoms with Gasteiger partial charge in [-0.05, 0) is 29.3 Å². The van der Waals surface area contributed by atoms with Crippen LogP contribution in [0.15, 0.2) is 54.7 Å². The topological polar surface area (TPSA) is 42.2 Å². The predicted octanol–water partition coefficient (Wildman–Crippen LogP) is 3.97. The van der Waals surface area contributed by atoms with Gasteiger partial charge in [0.15, 0.2) is 0 Å². The van der Waals surface area contributed by atoms with Crippen LogP contribution in [0.1, 0.15) is 11.1 Å². The zero-order valence-corrected chi connectivity index (χ0v) is 12.0. The number of carboxylic acid groups (broad SMARTS) is 1. The molecule has 3 aromatic rings. The summed E-state index contributed by atoms with van der Waals surface area (Å²) >= 11 is 6.17. The fourth-order valence-corrected chi connectivity index (χ4v) is 2.69. The van der Waals surface area contributed by atoms with Crippen molar-refractivity contribution in [2.75, 3.05) is 0 Å². The maximum atomic E-state index is 10.7. The van der Waals surface area contributed by atoms with Crippen LogP contribution < -0.4 is 0 Å². The standard InChI is InChI=1S/C17H14ClNO2/c18-15-2-1-3-16-14(15)8-9-19(16)11-13-6-4-12(5-7-13)10-17(20)21/h1-9H,10-11H2,(H,20,21). The highest BCUT2D eigenvalue weighted by molar-refractivity contribution is 6.35. The Kier molecular flexibility index (Phi) is 3.67. The third-order valence-corrected chi connectivity index (χ3v) is 3.82. The first-order valence-corrected chi connectivity index (χ1v) is 7.04. The Labute approximate surface area is 127 Å². The molecule has 0 bridgehead atoms. The highest BCUT2D eigenvalue weighted by Gasteiger charge is 2.05. The average Bonchev–Trinajstić information content (AvgIpc) is 2.85. The molecule has 1 heterocycles. The monoisotopic (exact) mass is 299 g/mol. The summed E-state index contributed by atoms with van der Waals surface area (Å²) in [6, 6.07) is 15.5.